The number of aliphatic hydroxyl groups excluding tert-OH is 3. The maximum absolute atomic E-state index is 14.2. The number of aromatic hydroxyl groups is 1. The Kier molecular flexibility index (Phi) is 7.12. The second-order valence-electron chi connectivity index (χ2n) is 10.4. The van der Waals surface area contributed by atoms with Crippen LogP contribution in [0.5, 0.6) is 5.75 Å². The van der Waals surface area contributed by atoms with Gasteiger partial charge in [0, 0.05) is 32.5 Å². The molecule has 0 saturated heterocycles. The number of amides is 1. The van der Waals surface area contributed by atoms with E-state index in [2.05, 4.69) is 15.9 Å². The summed E-state index contributed by atoms with van der Waals surface area (Å²) in [5.74, 6) is -8.85. The number of carbonyl (C=O) groups excluding carboxylic acids is 3. The number of hydrogen-bond acceptors (Lipinski definition) is 10. The smallest absolute Gasteiger partial charge is 0.255 e. The zero-order chi connectivity index (χ0) is 29.3. The summed E-state index contributed by atoms with van der Waals surface area (Å²) in [6.07, 6.45) is -1.65. The van der Waals surface area contributed by atoms with Crippen molar-refractivity contribution in [1.29, 1.82) is 0 Å². The maximum Gasteiger partial charge on any atom is 0.255 e. The summed E-state index contributed by atoms with van der Waals surface area (Å²) in [6, 6.07) is 10.7. The van der Waals surface area contributed by atoms with E-state index < -0.39 is 75.6 Å². The van der Waals surface area contributed by atoms with Crippen molar-refractivity contribution in [1.82, 2.24) is 4.90 Å². The molecular formula is C28H27BrN2O8S. The number of nitrogens with two attached hydrogens (primary N) is 1. The zero-order valence-electron chi connectivity index (χ0n) is 21.4. The number of Topliss-reactive ketones (excluding diaryl/α,β-unsaturated/α-hetero) is 2. The van der Waals surface area contributed by atoms with Crippen molar-refractivity contribution < 1.29 is 39.9 Å². The summed E-state index contributed by atoms with van der Waals surface area (Å²) < 4.78 is 0.882. The van der Waals surface area contributed by atoms with Crippen molar-refractivity contribution >= 4 is 50.9 Å². The first-order valence-corrected chi connectivity index (χ1v) is 14.1. The Hall–Kier alpha value is -3.16. The SMILES string of the molecule is CN(C)[C@@H]1C(=O)C(C(N)=O)=C(O)[C@@]2(O)C(=O)C3=C(O)c4c(O)cccc4[C@H](CSc4ccc(Br)cc4)C3C(O)C12. The van der Waals surface area contributed by atoms with Crippen LogP contribution in [0.15, 0.2) is 68.7 Å². The number of phenols is 1. The number of likely N-dealkylation sites (N-methyl/N-ethyl adjacent to an activating group) is 1. The van der Waals surface area contributed by atoms with Crippen LogP contribution in [0, 0.1) is 11.8 Å². The molecular weight excluding hydrogens is 604 g/mol. The van der Waals surface area contributed by atoms with Gasteiger partial charge in [-0.25, -0.2) is 0 Å². The number of phenolic OH excluding ortho intramolecular Hbond substituents is 1. The van der Waals surface area contributed by atoms with Crippen molar-refractivity contribution in [2.75, 3.05) is 19.8 Å². The van der Waals surface area contributed by atoms with Crippen molar-refractivity contribution in [2.45, 2.75) is 28.6 Å². The standard InChI is InChI=1S/C28H27BrN2O8S/c1-31(2)21-20-23(34)17-14(10-40-12-8-6-11(29)7-9-12)13-4-3-5-15(32)16(13)22(33)18(17)25(36)28(20,39)26(37)19(24(21)35)27(30)38/h3-9,14,17,20-21,23,32-34,37,39H,10H2,1-2H3,(H2,30,38)/t14-,17?,20?,21-,23?,28-/m0/s1. The molecule has 12 heteroatoms. The molecule has 5 rings (SSSR count). The highest BCUT2D eigenvalue weighted by Gasteiger charge is 2.68. The number of benzene rings is 2. The Labute approximate surface area is 241 Å². The fourth-order valence-corrected chi connectivity index (χ4v) is 7.66. The van der Waals surface area contributed by atoms with Crippen LogP contribution in [0.25, 0.3) is 5.76 Å². The van der Waals surface area contributed by atoms with Gasteiger partial charge in [0.2, 0.25) is 5.78 Å². The molecule has 0 heterocycles. The zero-order valence-corrected chi connectivity index (χ0v) is 23.8. The number of ketones is 2. The van der Waals surface area contributed by atoms with E-state index in [1.165, 1.54) is 36.8 Å². The van der Waals surface area contributed by atoms with Gasteiger partial charge in [-0.3, -0.25) is 19.3 Å². The van der Waals surface area contributed by atoms with Crippen molar-refractivity contribution in [2.24, 2.45) is 17.6 Å². The maximum atomic E-state index is 14.2. The Morgan fingerprint density at radius 3 is 2.35 bits per heavy atom. The first-order valence-electron chi connectivity index (χ1n) is 12.3. The Bertz CT molecular complexity index is 1500. The largest absolute Gasteiger partial charge is 0.508 e. The van der Waals surface area contributed by atoms with E-state index in [1.54, 1.807) is 12.1 Å². The molecule has 1 saturated carbocycles. The van der Waals surface area contributed by atoms with Gasteiger partial charge >= 0.3 is 0 Å². The van der Waals surface area contributed by atoms with Gasteiger partial charge in [-0.05, 0) is 50.0 Å². The van der Waals surface area contributed by atoms with Crippen LogP contribution in [0.1, 0.15) is 17.0 Å². The third-order valence-electron chi connectivity index (χ3n) is 8.04. The lowest BCUT2D eigenvalue weighted by molar-refractivity contribution is -0.169. The Morgan fingerprint density at radius 2 is 1.75 bits per heavy atom. The summed E-state index contributed by atoms with van der Waals surface area (Å²) in [5.41, 5.74) is 1.48. The molecule has 0 aromatic heterocycles. The van der Waals surface area contributed by atoms with Crippen LogP contribution in [0.3, 0.4) is 0 Å². The van der Waals surface area contributed by atoms with Gasteiger partial charge in [0.1, 0.15) is 22.8 Å². The molecule has 3 unspecified atom stereocenters. The number of halogens is 1. The lowest BCUT2D eigenvalue weighted by Gasteiger charge is -2.54. The highest BCUT2D eigenvalue weighted by molar-refractivity contribution is 9.10. The second-order valence-corrected chi connectivity index (χ2v) is 12.4. The predicted molar refractivity (Wildman–Crippen MR) is 150 cm³/mol. The van der Waals surface area contributed by atoms with Crippen LogP contribution in [-0.2, 0) is 14.4 Å². The minimum absolute atomic E-state index is 0.0348. The Balaban J connectivity index is 1.73. The summed E-state index contributed by atoms with van der Waals surface area (Å²) in [5, 5.41) is 56.8. The number of aliphatic hydroxyl groups is 4. The number of nitrogens with zero attached hydrogens (tertiary/aromatic N) is 1. The van der Waals surface area contributed by atoms with Gasteiger partial charge in [0.15, 0.2) is 11.4 Å². The molecule has 3 aliphatic carbocycles. The molecule has 40 heavy (non-hydrogen) atoms. The average Bonchev–Trinajstić information content (AvgIpc) is 2.89. The normalized spacial score (nSPS) is 29.8. The number of thioether (sulfide) groups is 1. The van der Waals surface area contributed by atoms with Gasteiger partial charge < -0.3 is 31.3 Å². The van der Waals surface area contributed by atoms with Gasteiger partial charge in [-0.15, -0.1) is 11.8 Å². The van der Waals surface area contributed by atoms with Gasteiger partial charge in [-0.1, -0.05) is 28.1 Å². The van der Waals surface area contributed by atoms with E-state index in [0.717, 1.165) is 9.37 Å². The average molecular weight is 632 g/mol. The Morgan fingerprint density at radius 1 is 1.10 bits per heavy atom. The first kappa shape index (κ1) is 28.4. The van der Waals surface area contributed by atoms with Crippen molar-refractivity contribution in [3.05, 3.63) is 75.0 Å². The summed E-state index contributed by atoms with van der Waals surface area (Å²) >= 11 is 4.81. The number of fused-ring (bicyclic) bond motifs is 3. The monoisotopic (exact) mass is 630 g/mol. The van der Waals surface area contributed by atoms with E-state index in [9.17, 15) is 39.9 Å². The molecule has 10 nitrogen and oxygen atoms in total. The summed E-state index contributed by atoms with van der Waals surface area (Å²) in [6.45, 7) is 0. The van der Waals surface area contributed by atoms with E-state index in [-0.39, 0.29) is 17.1 Å². The molecule has 0 bridgehead atoms. The molecule has 0 spiro atoms. The molecule has 6 atom stereocenters. The third-order valence-corrected chi connectivity index (χ3v) is 9.70. The van der Waals surface area contributed by atoms with Gasteiger partial charge in [0.05, 0.1) is 23.6 Å². The molecule has 210 valence electrons. The van der Waals surface area contributed by atoms with E-state index in [0.29, 0.717) is 5.56 Å². The minimum atomic E-state index is -2.95. The molecule has 0 aliphatic heterocycles. The third kappa shape index (κ3) is 4.00. The van der Waals surface area contributed by atoms with E-state index in [4.69, 9.17) is 5.73 Å². The molecule has 2 aromatic carbocycles. The topological polar surface area (TPSA) is 182 Å². The number of primary amides is 1. The highest BCUT2D eigenvalue weighted by atomic mass is 79.9. The first-order chi connectivity index (χ1) is 18.8. The number of rotatable bonds is 5. The molecule has 2 aromatic rings. The van der Waals surface area contributed by atoms with Crippen LogP contribution in [-0.4, -0.2) is 85.5 Å². The fourth-order valence-electron chi connectivity index (χ4n) is 6.31. The predicted octanol–water partition coefficient (Wildman–Crippen LogP) is 2.03. The van der Waals surface area contributed by atoms with Crippen LogP contribution >= 0.6 is 27.7 Å². The molecule has 1 fully saturated rings. The number of hydrogen-bond donors (Lipinski definition) is 6. The van der Waals surface area contributed by atoms with Crippen molar-refractivity contribution in [3.63, 3.8) is 0 Å². The quantitative estimate of drug-likeness (QED) is 0.211. The fraction of sp³-hybridized carbons (Fsp3) is 0.321. The molecule has 0 radical (unpaired) electrons. The van der Waals surface area contributed by atoms with Crippen LogP contribution in [0.4, 0.5) is 0 Å². The lowest BCUT2D eigenvalue weighted by atomic mass is 9.54. The highest BCUT2D eigenvalue weighted by Crippen LogP contribution is 2.56. The summed E-state index contributed by atoms with van der Waals surface area (Å²) in [7, 11) is 2.94. The van der Waals surface area contributed by atoms with Crippen LogP contribution < -0.4 is 5.73 Å². The van der Waals surface area contributed by atoms with Crippen molar-refractivity contribution in [3.8, 4) is 5.75 Å². The van der Waals surface area contributed by atoms with E-state index >= 15 is 0 Å². The van der Waals surface area contributed by atoms with Crippen LogP contribution in [0.2, 0.25) is 0 Å². The molecule has 1 amide bonds. The molecule has 3 aliphatic rings. The van der Waals surface area contributed by atoms with Gasteiger partial charge in [0.25, 0.3) is 5.91 Å². The lowest BCUT2D eigenvalue weighted by Crippen LogP contribution is -2.70. The molecule has 7 N–H and O–H groups in total. The summed E-state index contributed by atoms with van der Waals surface area (Å²) in [4.78, 5) is 41.9. The van der Waals surface area contributed by atoms with Gasteiger partial charge in [-0.2, -0.15) is 0 Å². The minimum Gasteiger partial charge on any atom is -0.508 e. The van der Waals surface area contributed by atoms with E-state index in [1.807, 2.05) is 24.3 Å². The number of carbonyl (C=O) groups is 3. The second kappa shape index (κ2) is 10.0.